The number of rotatable bonds is 9. The fourth-order valence-electron chi connectivity index (χ4n) is 4.49. The van der Waals surface area contributed by atoms with Crippen LogP contribution in [0.5, 0.6) is 0 Å². The molecule has 0 amide bonds. The molecule has 1 aliphatic heterocycles. The number of aliphatic hydroxyl groups is 1. The quantitative estimate of drug-likeness (QED) is 0.634. The van der Waals surface area contributed by atoms with Gasteiger partial charge < -0.3 is 10.0 Å². The first kappa shape index (κ1) is 22.4. The Morgan fingerprint density at radius 3 is 2.19 bits per heavy atom. The fourth-order valence-corrected chi connectivity index (χ4v) is 6.44. The normalized spacial score (nSPS) is 19.6. The Balaban J connectivity index is 1.28. The molecule has 1 aliphatic carbocycles. The Labute approximate surface area is 184 Å². The molecule has 2 aromatic rings. The molecule has 1 N–H and O–H groups in total. The first-order valence-electron chi connectivity index (χ1n) is 11.2. The molecule has 2 fully saturated rings. The summed E-state index contributed by atoms with van der Waals surface area (Å²) in [6, 6.07) is 15.0. The van der Waals surface area contributed by atoms with Gasteiger partial charge in [-0.25, -0.2) is 12.8 Å². The maximum Gasteiger partial charge on any atom is 0.243 e. The van der Waals surface area contributed by atoms with Crippen LogP contribution in [0.3, 0.4) is 0 Å². The summed E-state index contributed by atoms with van der Waals surface area (Å²) in [7, 11) is -3.46. The summed E-state index contributed by atoms with van der Waals surface area (Å²) >= 11 is 0. The van der Waals surface area contributed by atoms with Crippen LogP contribution in [0.25, 0.3) is 0 Å². The molecule has 0 aromatic heterocycles. The Bertz CT molecular complexity index is 941. The highest BCUT2D eigenvalue weighted by Gasteiger charge is 2.43. The molecule has 1 heterocycles. The van der Waals surface area contributed by atoms with Crippen molar-refractivity contribution in [2.45, 2.75) is 61.6 Å². The van der Waals surface area contributed by atoms with Crippen LogP contribution in [0.2, 0.25) is 0 Å². The largest absolute Gasteiger partial charge is 0.388 e. The molecule has 1 atom stereocenters. The highest BCUT2D eigenvalue weighted by Crippen LogP contribution is 2.36. The molecule has 2 aliphatic rings. The van der Waals surface area contributed by atoms with Gasteiger partial charge in [0.05, 0.1) is 11.0 Å². The Morgan fingerprint density at radius 1 is 0.968 bits per heavy atom. The molecular weight excluding hydrogens is 415 g/mol. The van der Waals surface area contributed by atoms with Crippen LogP contribution in [-0.2, 0) is 10.0 Å². The van der Waals surface area contributed by atoms with Crippen LogP contribution in [0, 0.1) is 5.82 Å². The van der Waals surface area contributed by atoms with Crippen LogP contribution in [0.15, 0.2) is 59.5 Å². The third-order valence-electron chi connectivity index (χ3n) is 6.35. The van der Waals surface area contributed by atoms with Gasteiger partial charge in [-0.05, 0) is 88.0 Å². The lowest BCUT2D eigenvalue weighted by atomic mass is 10.0. The minimum absolute atomic E-state index is 0.0544. The van der Waals surface area contributed by atoms with E-state index < -0.39 is 16.1 Å². The number of benzene rings is 2. The molecule has 7 heteroatoms. The molecule has 1 saturated heterocycles. The van der Waals surface area contributed by atoms with Crippen molar-refractivity contribution in [1.29, 1.82) is 0 Å². The average molecular weight is 447 g/mol. The first-order valence-corrected chi connectivity index (χ1v) is 12.6. The van der Waals surface area contributed by atoms with E-state index in [0.29, 0.717) is 11.3 Å². The predicted molar refractivity (Wildman–Crippen MR) is 119 cm³/mol. The minimum atomic E-state index is -3.46. The molecule has 5 nitrogen and oxygen atoms in total. The summed E-state index contributed by atoms with van der Waals surface area (Å²) < 4.78 is 41.3. The molecule has 1 saturated carbocycles. The topological polar surface area (TPSA) is 60.9 Å². The second-order valence-corrected chi connectivity index (χ2v) is 10.5. The Kier molecular flexibility index (Phi) is 7.06. The number of aliphatic hydroxyl groups excluding tert-OH is 1. The van der Waals surface area contributed by atoms with Crippen LogP contribution in [-0.4, -0.2) is 54.4 Å². The van der Waals surface area contributed by atoms with E-state index in [1.165, 1.54) is 12.1 Å². The SMILES string of the molecule is O=S(=O)(c1ccccc1)N(C1CC1)C1CCN(CCCC(O)c2ccc(F)cc2)CC1. The zero-order chi connectivity index (χ0) is 21.8. The predicted octanol–water partition coefficient (Wildman–Crippen LogP) is 3.96. The third kappa shape index (κ3) is 5.52. The summed E-state index contributed by atoms with van der Waals surface area (Å²) in [5, 5.41) is 10.3. The zero-order valence-electron chi connectivity index (χ0n) is 17.7. The van der Waals surface area contributed by atoms with Gasteiger partial charge in [0, 0.05) is 12.1 Å². The Hall–Kier alpha value is -1.80. The van der Waals surface area contributed by atoms with Crippen molar-refractivity contribution in [1.82, 2.24) is 9.21 Å². The molecule has 4 rings (SSSR count). The molecule has 0 radical (unpaired) electrons. The molecule has 31 heavy (non-hydrogen) atoms. The highest BCUT2D eigenvalue weighted by molar-refractivity contribution is 7.89. The molecule has 168 valence electrons. The van der Waals surface area contributed by atoms with E-state index >= 15 is 0 Å². The highest BCUT2D eigenvalue weighted by atomic mass is 32.2. The molecular formula is C24H31FN2O3S. The third-order valence-corrected chi connectivity index (χ3v) is 8.37. The smallest absolute Gasteiger partial charge is 0.243 e. The van der Waals surface area contributed by atoms with Crippen LogP contribution in [0.4, 0.5) is 4.39 Å². The summed E-state index contributed by atoms with van der Waals surface area (Å²) in [5.74, 6) is -0.298. The van der Waals surface area contributed by atoms with Gasteiger partial charge in [0.2, 0.25) is 10.0 Å². The van der Waals surface area contributed by atoms with Crippen LogP contribution >= 0.6 is 0 Å². The van der Waals surface area contributed by atoms with Gasteiger partial charge in [-0.15, -0.1) is 0 Å². The van der Waals surface area contributed by atoms with E-state index in [2.05, 4.69) is 4.90 Å². The second kappa shape index (κ2) is 9.77. The van der Waals surface area contributed by atoms with Crippen molar-refractivity contribution in [3.05, 3.63) is 66.0 Å². The van der Waals surface area contributed by atoms with E-state index in [9.17, 15) is 17.9 Å². The van der Waals surface area contributed by atoms with Gasteiger partial charge >= 0.3 is 0 Å². The second-order valence-electron chi connectivity index (χ2n) is 8.66. The number of hydrogen-bond donors (Lipinski definition) is 1. The van der Waals surface area contributed by atoms with Crippen molar-refractivity contribution < 1.29 is 17.9 Å². The molecule has 0 bridgehead atoms. The Morgan fingerprint density at radius 2 is 1.58 bits per heavy atom. The average Bonchev–Trinajstić information content (AvgIpc) is 3.61. The fraction of sp³-hybridized carbons (Fsp3) is 0.500. The summed E-state index contributed by atoms with van der Waals surface area (Å²) in [5.41, 5.74) is 0.742. The van der Waals surface area contributed by atoms with Gasteiger partial charge in [-0.3, -0.25) is 0 Å². The lowest BCUT2D eigenvalue weighted by molar-refractivity contribution is 0.133. The van der Waals surface area contributed by atoms with E-state index in [-0.39, 0.29) is 17.9 Å². The maximum atomic E-state index is 13.3. The van der Waals surface area contributed by atoms with Crippen molar-refractivity contribution in [3.8, 4) is 0 Å². The van der Waals surface area contributed by atoms with Crippen molar-refractivity contribution in [3.63, 3.8) is 0 Å². The molecule has 2 aromatic carbocycles. The lowest BCUT2D eigenvalue weighted by Crippen LogP contribution is -2.48. The number of halogens is 1. The number of nitrogens with zero attached hydrogens (tertiary/aromatic N) is 2. The number of hydrogen-bond acceptors (Lipinski definition) is 4. The van der Waals surface area contributed by atoms with Crippen molar-refractivity contribution in [2.24, 2.45) is 0 Å². The van der Waals surface area contributed by atoms with E-state index in [0.717, 1.165) is 57.3 Å². The van der Waals surface area contributed by atoms with E-state index in [1.54, 1.807) is 40.7 Å². The summed E-state index contributed by atoms with van der Waals surface area (Å²) in [6.07, 6.45) is 4.47. The number of likely N-dealkylation sites (tertiary alicyclic amines) is 1. The van der Waals surface area contributed by atoms with Gasteiger partial charge in [0.15, 0.2) is 0 Å². The minimum Gasteiger partial charge on any atom is -0.388 e. The van der Waals surface area contributed by atoms with Gasteiger partial charge in [-0.1, -0.05) is 30.3 Å². The first-order chi connectivity index (χ1) is 14.9. The van der Waals surface area contributed by atoms with Crippen LogP contribution < -0.4 is 0 Å². The monoisotopic (exact) mass is 446 g/mol. The van der Waals surface area contributed by atoms with Gasteiger partial charge in [0.25, 0.3) is 0 Å². The summed E-state index contributed by atoms with van der Waals surface area (Å²) in [4.78, 5) is 2.74. The van der Waals surface area contributed by atoms with Gasteiger partial charge in [0.1, 0.15) is 5.82 Å². The van der Waals surface area contributed by atoms with Crippen molar-refractivity contribution in [2.75, 3.05) is 19.6 Å². The lowest BCUT2D eigenvalue weighted by Gasteiger charge is -2.38. The number of sulfonamides is 1. The standard InChI is InChI=1S/C24H31FN2O3S/c25-20-10-8-19(9-11-20)24(28)7-4-16-26-17-14-22(15-18-26)27(21-12-13-21)31(29,30)23-5-2-1-3-6-23/h1-3,5-6,8-11,21-22,24,28H,4,7,12-18H2. The van der Waals surface area contributed by atoms with E-state index in [1.807, 2.05) is 6.07 Å². The van der Waals surface area contributed by atoms with Crippen molar-refractivity contribution >= 4 is 10.0 Å². The molecule has 0 spiro atoms. The number of piperidine rings is 1. The van der Waals surface area contributed by atoms with Gasteiger partial charge in [-0.2, -0.15) is 4.31 Å². The maximum absolute atomic E-state index is 13.3. The van der Waals surface area contributed by atoms with E-state index in [4.69, 9.17) is 0 Å². The summed E-state index contributed by atoms with van der Waals surface area (Å²) in [6.45, 7) is 2.61. The molecule has 1 unspecified atom stereocenters. The van der Waals surface area contributed by atoms with Crippen LogP contribution in [0.1, 0.15) is 50.2 Å². The zero-order valence-corrected chi connectivity index (χ0v) is 18.6.